The van der Waals surface area contributed by atoms with Crippen molar-refractivity contribution < 1.29 is 9.53 Å². The summed E-state index contributed by atoms with van der Waals surface area (Å²) in [6.45, 7) is -2.60. The van der Waals surface area contributed by atoms with Crippen molar-refractivity contribution in [3.8, 4) is 6.07 Å². The Bertz CT molecular complexity index is 983. The minimum atomic E-state index is -2.48. The molecule has 0 saturated heterocycles. The van der Waals surface area contributed by atoms with Crippen molar-refractivity contribution in [2.24, 2.45) is 4.99 Å². The summed E-state index contributed by atoms with van der Waals surface area (Å²) in [5.74, 6) is -0.443. The summed E-state index contributed by atoms with van der Waals surface area (Å²) >= 11 is 0. The third-order valence-corrected chi connectivity index (χ3v) is 8.72. The highest BCUT2D eigenvalue weighted by Gasteiger charge is 2.29. The molecule has 0 amide bonds. The number of carbonyl (C=O) groups is 1. The fraction of sp³-hybridized carbons (Fsp3) is 0.0833. The van der Waals surface area contributed by atoms with Crippen LogP contribution in [-0.2, 0) is 9.53 Å². The van der Waals surface area contributed by atoms with E-state index in [1.165, 1.54) is 13.3 Å². The van der Waals surface area contributed by atoms with Crippen LogP contribution < -0.4 is 15.9 Å². The molecule has 0 aliphatic carbocycles. The Morgan fingerprint density at radius 3 is 1.66 bits per heavy atom. The van der Waals surface area contributed by atoms with E-state index < -0.39 is 12.9 Å². The molecule has 0 aromatic heterocycles. The van der Waals surface area contributed by atoms with Crippen molar-refractivity contribution in [2.75, 3.05) is 13.7 Å². The van der Waals surface area contributed by atoms with Crippen LogP contribution in [0.2, 0.25) is 0 Å². The molecule has 3 aromatic carbocycles. The van der Waals surface area contributed by atoms with Gasteiger partial charge in [-0.1, -0.05) is 91.0 Å². The van der Waals surface area contributed by atoms with Crippen molar-refractivity contribution >= 4 is 40.3 Å². The Labute approximate surface area is 171 Å². The van der Waals surface area contributed by atoms with Gasteiger partial charge in [0, 0.05) is 6.21 Å². The molecular weight excluding hydrogens is 379 g/mol. The molecular formula is C24H21N2O2P. The molecule has 5 heteroatoms. The predicted octanol–water partition coefficient (Wildman–Crippen LogP) is 2.92. The van der Waals surface area contributed by atoms with Gasteiger partial charge in [-0.15, -0.1) is 0 Å². The zero-order valence-electron chi connectivity index (χ0n) is 16.1. The Balaban J connectivity index is 2.42. The largest absolute Gasteiger partial charge is 0.468 e. The zero-order valence-corrected chi connectivity index (χ0v) is 17.0. The summed E-state index contributed by atoms with van der Waals surface area (Å²) in [5.41, 5.74) is 0. The van der Waals surface area contributed by atoms with E-state index in [1.807, 2.05) is 54.6 Å². The molecule has 0 aliphatic rings. The second-order valence-electron chi connectivity index (χ2n) is 6.22. The standard InChI is InChI=1S/C24H21N2O2P/c1-28-24(27)19-26-18-23(17-25)29(20-11-5-2-6-12-20,21-13-7-3-8-14-21)22-15-9-4-10-16-22/h2-16,18H,19H2,1H3. The second-order valence-corrected chi connectivity index (χ2v) is 9.59. The highest BCUT2D eigenvalue weighted by molar-refractivity contribution is 7.96. The summed E-state index contributed by atoms with van der Waals surface area (Å²) < 4.78 is 4.67. The Morgan fingerprint density at radius 1 is 0.897 bits per heavy atom. The molecule has 29 heavy (non-hydrogen) atoms. The summed E-state index contributed by atoms with van der Waals surface area (Å²) in [7, 11) is 1.32. The third kappa shape index (κ3) is 4.21. The van der Waals surface area contributed by atoms with E-state index in [0.717, 1.165) is 15.9 Å². The molecule has 0 bridgehead atoms. The zero-order chi connectivity index (χ0) is 20.5. The predicted molar refractivity (Wildman–Crippen MR) is 121 cm³/mol. The lowest BCUT2D eigenvalue weighted by molar-refractivity contribution is -0.138. The van der Waals surface area contributed by atoms with Crippen LogP contribution in [0.15, 0.2) is 96.0 Å². The maximum Gasteiger partial charge on any atom is 0.327 e. The molecule has 0 aliphatic heterocycles. The first-order valence-electron chi connectivity index (χ1n) is 9.13. The number of rotatable bonds is 6. The monoisotopic (exact) mass is 400 g/mol. The van der Waals surface area contributed by atoms with E-state index in [9.17, 15) is 10.1 Å². The van der Waals surface area contributed by atoms with Crippen LogP contribution in [0.4, 0.5) is 0 Å². The van der Waals surface area contributed by atoms with Gasteiger partial charge in [0.05, 0.1) is 12.4 Å². The Morgan fingerprint density at radius 2 is 1.31 bits per heavy atom. The average Bonchev–Trinajstić information content (AvgIpc) is 2.80. The first-order chi connectivity index (χ1) is 14.2. The van der Waals surface area contributed by atoms with Crippen LogP contribution >= 0.6 is 6.89 Å². The lowest BCUT2D eigenvalue weighted by Crippen LogP contribution is -2.30. The molecule has 0 unspecified atom stereocenters. The van der Waals surface area contributed by atoms with Crippen LogP contribution in [-0.4, -0.2) is 31.1 Å². The van der Waals surface area contributed by atoms with E-state index in [2.05, 4.69) is 52.2 Å². The average molecular weight is 400 g/mol. The van der Waals surface area contributed by atoms with Crippen LogP contribution in [0.3, 0.4) is 0 Å². The lowest BCUT2D eigenvalue weighted by atomic mass is 10.4. The second kappa shape index (κ2) is 9.68. The fourth-order valence-corrected chi connectivity index (χ4v) is 7.27. The molecule has 3 aromatic rings. The van der Waals surface area contributed by atoms with Gasteiger partial charge in [-0.05, 0) is 22.8 Å². The van der Waals surface area contributed by atoms with Gasteiger partial charge in [-0.2, -0.15) is 5.26 Å². The highest BCUT2D eigenvalue weighted by Crippen LogP contribution is 2.45. The first-order valence-corrected chi connectivity index (χ1v) is 10.9. The molecule has 3 rings (SSSR count). The van der Waals surface area contributed by atoms with Gasteiger partial charge in [0.2, 0.25) is 0 Å². The smallest absolute Gasteiger partial charge is 0.327 e. The summed E-state index contributed by atoms with van der Waals surface area (Å²) in [6, 6.07) is 32.5. The van der Waals surface area contributed by atoms with Gasteiger partial charge in [0.15, 0.2) is 0 Å². The van der Waals surface area contributed by atoms with Gasteiger partial charge >= 0.3 is 5.97 Å². The minimum Gasteiger partial charge on any atom is -0.468 e. The number of esters is 1. The summed E-state index contributed by atoms with van der Waals surface area (Å²) in [5, 5.41) is 13.9. The molecule has 0 spiro atoms. The minimum absolute atomic E-state index is 0.125. The van der Waals surface area contributed by atoms with Gasteiger partial charge in [0.25, 0.3) is 0 Å². The van der Waals surface area contributed by atoms with Gasteiger partial charge in [0.1, 0.15) is 12.6 Å². The van der Waals surface area contributed by atoms with Crippen LogP contribution in [0.25, 0.3) is 0 Å². The van der Waals surface area contributed by atoms with E-state index >= 15 is 0 Å². The number of benzene rings is 3. The van der Waals surface area contributed by atoms with Crippen LogP contribution in [0.1, 0.15) is 0 Å². The number of carbonyl (C=O) groups excluding carboxylic acids is 1. The maximum atomic E-state index is 11.5. The molecule has 0 N–H and O–H groups in total. The number of aliphatic imine (C=N–C) groups is 1. The van der Waals surface area contributed by atoms with Crippen molar-refractivity contribution in [1.29, 1.82) is 5.26 Å². The molecule has 0 fully saturated rings. The molecule has 0 radical (unpaired) electrons. The number of ether oxygens (including phenoxy) is 1. The molecule has 0 atom stereocenters. The van der Waals surface area contributed by atoms with Crippen LogP contribution in [0.5, 0.6) is 0 Å². The molecule has 144 valence electrons. The number of hydrogen-bond donors (Lipinski definition) is 0. The highest BCUT2D eigenvalue weighted by atomic mass is 31.2. The van der Waals surface area contributed by atoms with Crippen molar-refractivity contribution in [3.63, 3.8) is 0 Å². The van der Waals surface area contributed by atoms with E-state index in [-0.39, 0.29) is 6.54 Å². The number of hydrogen-bond acceptors (Lipinski definition) is 4. The number of nitriles is 1. The quantitative estimate of drug-likeness (QED) is 0.363. The summed E-state index contributed by atoms with van der Waals surface area (Å²) in [6.07, 6.45) is 1.54. The first kappa shape index (κ1) is 20.3. The van der Waals surface area contributed by atoms with Gasteiger partial charge in [-0.25, -0.2) is 0 Å². The maximum absolute atomic E-state index is 11.5. The molecule has 0 saturated carbocycles. The van der Waals surface area contributed by atoms with Crippen molar-refractivity contribution in [1.82, 2.24) is 0 Å². The molecule has 4 nitrogen and oxygen atoms in total. The van der Waals surface area contributed by atoms with E-state index in [1.54, 1.807) is 0 Å². The van der Waals surface area contributed by atoms with E-state index in [0.29, 0.717) is 5.29 Å². The lowest BCUT2D eigenvalue weighted by Gasteiger charge is -2.29. The van der Waals surface area contributed by atoms with Gasteiger partial charge < -0.3 is 4.74 Å². The van der Waals surface area contributed by atoms with Gasteiger partial charge in [-0.3, -0.25) is 9.79 Å². The summed E-state index contributed by atoms with van der Waals surface area (Å²) in [4.78, 5) is 15.7. The van der Waals surface area contributed by atoms with Crippen molar-refractivity contribution in [3.05, 3.63) is 91.0 Å². The molecule has 0 heterocycles. The van der Waals surface area contributed by atoms with E-state index in [4.69, 9.17) is 0 Å². The van der Waals surface area contributed by atoms with Crippen molar-refractivity contribution in [2.45, 2.75) is 0 Å². The fourth-order valence-electron chi connectivity index (χ4n) is 3.28. The Hall–Kier alpha value is -3.41. The Kier molecular flexibility index (Phi) is 6.79. The normalized spacial score (nSPS) is 11.0. The number of nitrogens with zero attached hydrogens (tertiary/aromatic N) is 2. The SMILES string of the molecule is COC(=O)CN=CC(C#N)=P(c1ccccc1)(c1ccccc1)c1ccccc1. The van der Waals surface area contributed by atoms with Crippen LogP contribution in [0, 0.1) is 11.3 Å². The number of methoxy groups -OCH3 is 1. The topological polar surface area (TPSA) is 62.4 Å². The third-order valence-electron chi connectivity index (χ3n) is 4.57.